The van der Waals surface area contributed by atoms with Crippen LogP contribution in [-0.4, -0.2) is 14.5 Å². The zero-order valence-corrected chi connectivity index (χ0v) is 15.6. The predicted octanol–water partition coefficient (Wildman–Crippen LogP) is 5.06. The van der Waals surface area contributed by atoms with E-state index in [1.807, 2.05) is 12.4 Å². The van der Waals surface area contributed by atoms with Gasteiger partial charge < -0.3 is 4.57 Å². The third-order valence-corrected chi connectivity index (χ3v) is 5.59. The van der Waals surface area contributed by atoms with Crippen molar-refractivity contribution in [3.8, 4) is 11.4 Å². The van der Waals surface area contributed by atoms with Crippen LogP contribution in [0.25, 0.3) is 11.4 Å². The van der Waals surface area contributed by atoms with Crippen molar-refractivity contribution in [2.45, 2.75) is 12.0 Å². The van der Waals surface area contributed by atoms with Crippen molar-refractivity contribution in [3.63, 3.8) is 0 Å². The Morgan fingerprint density at radius 1 is 0.885 bits per heavy atom. The summed E-state index contributed by atoms with van der Waals surface area (Å²) in [5, 5.41) is 0. The van der Waals surface area contributed by atoms with E-state index in [0.717, 1.165) is 22.4 Å². The van der Waals surface area contributed by atoms with Gasteiger partial charge in [0.25, 0.3) is 0 Å². The number of hydrogen-bond acceptors (Lipinski definition) is 2. The van der Waals surface area contributed by atoms with E-state index in [2.05, 4.69) is 98.4 Å². The molecule has 0 spiro atoms. The third-order valence-electron chi connectivity index (χ3n) is 5.12. The van der Waals surface area contributed by atoms with Crippen LogP contribution in [0.5, 0.6) is 0 Å². The van der Waals surface area contributed by atoms with E-state index in [1.54, 1.807) is 0 Å². The Morgan fingerprint density at radius 3 is 2.50 bits per heavy atom. The summed E-state index contributed by atoms with van der Waals surface area (Å²) in [5.41, 5.74) is 4.33. The largest absolute Gasteiger partial charge is 0.315 e. The first-order valence-electron chi connectivity index (χ1n) is 8.59. The van der Waals surface area contributed by atoms with Crippen molar-refractivity contribution >= 4 is 15.9 Å². The smallest absolute Gasteiger partial charge is 0.141 e. The zero-order valence-electron chi connectivity index (χ0n) is 14.0. The number of nitrogens with zero attached hydrogens (tertiary/aromatic N) is 3. The summed E-state index contributed by atoms with van der Waals surface area (Å²) in [6.45, 7) is 0. The number of halogens is 1. The zero-order chi connectivity index (χ0) is 17.6. The molecule has 3 heterocycles. The molecule has 4 aromatic rings. The van der Waals surface area contributed by atoms with Gasteiger partial charge in [0.1, 0.15) is 11.4 Å². The second-order valence-corrected chi connectivity index (χ2v) is 7.47. The van der Waals surface area contributed by atoms with Crippen LogP contribution < -0.4 is 0 Å². The van der Waals surface area contributed by atoms with Crippen molar-refractivity contribution in [1.29, 1.82) is 0 Å². The van der Waals surface area contributed by atoms with Crippen LogP contribution in [0.15, 0.2) is 89.8 Å². The van der Waals surface area contributed by atoms with E-state index in [4.69, 9.17) is 4.98 Å². The minimum Gasteiger partial charge on any atom is -0.315 e. The maximum Gasteiger partial charge on any atom is 0.141 e. The van der Waals surface area contributed by atoms with Crippen LogP contribution in [0.3, 0.4) is 0 Å². The normalized spacial score (nSPS) is 17.7. The van der Waals surface area contributed by atoms with E-state index in [-0.39, 0.29) is 0 Å². The molecule has 4 heteroatoms. The first-order chi connectivity index (χ1) is 12.8. The fraction of sp³-hybridized carbons (Fsp3) is 0.0909. The number of fused-ring (bicyclic) bond motifs is 3. The van der Waals surface area contributed by atoms with Crippen molar-refractivity contribution < 1.29 is 0 Å². The molecule has 0 fully saturated rings. The highest BCUT2D eigenvalue weighted by atomic mass is 79.9. The molecule has 0 amide bonds. The monoisotopic (exact) mass is 401 g/mol. The molecule has 26 heavy (non-hydrogen) atoms. The number of pyridine rings is 1. The molecule has 0 radical (unpaired) electrons. The van der Waals surface area contributed by atoms with E-state index < -0.39 is 5.54 Å². The van der Waals surface area contributed by atoms with Gasteiger partial charge >= 0.3 is 0 Å². The molecule has 3 nitrogen and oxygen atoms in total. The summed E-state index contributed by atoms with van der Waals surface area (Å²) in [4.78, 5) is 9.45. The summed E-state index contributed by atoms with van der Waals surface area (Å²) in [5.74, 6) is 1.00. The van der Waals surface area contributed by atoms with Crippen LogP contribution in [0.1, 0.15) is 16.8 Å². The Bertz CT molecular complexity index is 1070. The summed E-state index contributed by atoms with van der Waals surface area (Å²) in [7, 11) is 0. The lowest BCUT2D eigenvalue weighted by Crippen LogP contribution is -2.36. The van der Waals surface area contributed by atoms with Crippen LogP contribution in [0, 0.1) is 0 Å². The number of rotatable bonds is 3. The molecule has 1 aliphatic rings. The molecule has 2 aromatic carbocycles. The van der Waals surface area contributed by atoms with E-state index in [1.165, 1.54) is 16.7 Å². The molecule has 1 aliphatic heterocycles. The van der Waals surface area contributed by atoms with Gasteiger partial charge in [-0.1, -0.05) is 54.6 Å². The number of benzene rings is 2. The first-order valence-corrected chi connectivity index (χ1v) is 9.38. The van der Waals surface area contributed by atoms with Crippen LogP contribution in [0.2, 0.25) is 0 Å². The van der Waals surface area contributed by atoms with Gasteiger partial charge in [-0.3, -0.25) is 4.98 Å². The molecule has 0 N–H and O–H groups in total. The Labute approximate surface area is 160 Å². The summed E-state index contributed by atoms with van der Waals surface area (Å²) in [6.07, 6.45) is 6.65. The molecule has 126 valence electrons. The van der Waals surface area contributed by atoms with Gasteiger partial charge in [0.2, 0.25) is 0 Å². The highest BCUT2D eigenvalue weighted by Crippen LogP contribution is 2.48. The molecule has 0 saturated heterocycles. The van der Waals surface area contributed by atoms with Crippen LogP contribution >= 0.6 is 15.9 Å². The van der Waals surface area contributed by atoms with Gasteiger partial charge in [0.05, 0.1) is 5.69 Å². The summed E-state index contributed by atoms with van der Waals surface area (Å²) < 4.78 is 3.26. The Balaban J connectivity index is 1.82. The molecule has 5 rings (SSSR count). The van der Waals surface area contributed by atoms with Gasteiger partial charge in [-0.15, -0.1) is 0 Å². The molecule has 0 bridgehead atoms. The highest BCUT2D eigenvalue weighted by Gasteiger charge is 2.45. The van der Waals surface area contributed by atoms with Crippen molar-refractivity contribution in [2.24, 2.45) is 0 Å². The SMILES string of the molecule is Brc1ccc(C2(Cc3ccccc3)c3ccccc3-c3nccn32)nc1. The Morgan fingerprint density at radius 2 is 1.69 bits per heavy atom. The quantitative estimate of drug-likeness (QED) is 0.480. The summed E-state index contributed by atoms with van der Waals surface area (Å²) >= 11 is 3.51. The predicted molar refractivity (Wildman–Crippen MR) is 106 cm³/mol. The van der Waals surface area contributed by atoms with Crippen LogP contribution in [0.4, 0.5) is 0 Å². The molecular weight excluding hydrogens is 386 g/mol. The average Bonchev–Trinajstić information content (AvgIpc) is 3.26. The minimum atomic E-state index is -0.398. The van der Waals surface area contributed by atoms with Crippen molar-refractivity contribution in [2.75, 3.05) is 0 Å². The molecule has 2 aromatic heterocycles. The van der Waals surface area contributed by atoms with Gasteiger partial charge in [-0.2, -0.15) is 0 Å². The van der Waals surface area contributed by atoms with Gasteiger partial charge in [0, 0.05) is 35.0 Å². The van der Waals surface area contributed by atoms with E-state index in [9.17, 15) is 0 Å². The lowest BCUT2D eigenvalue weighted by Gasteiger charge is -2.32. The molecule has 0 aliphatic carbocycles. The minimum absolute atomic E-state index is 0.398. The highest BCUT2D eigenvalue weighted by molar-refractivity contribution is 9.10. The third kappa shape index (κ3) is 2.19. The van der Waals surface area contributed by atoms with E-state index in [0.29, 0.717) is 0 Å². The standard InChI is InChI=1S/C22H16BrN3/c23-17-10-11-20(25-15-17)22(14-16-6-2-1-3-7-16)19-9-5-4-8-18(19)21-24-12-13-26(21)22/h1-13,15H,14H2. The lowest BCUT2D eigenvalue weighted by atomic mass is 9.80. The van der Waals surface area contributed by atoms with E-state index >= 15 is 0 Å². The molecule has 0 saturated carbocycles. The van der Waals surface area contributed by atoms with Crippen LogP contribution in [-0.2, 0) is 12.0 Å². The molecular formula is C22H16BrN3. The van der Waals surface area contributed by atoms with Crippen molar-refractivity contribution in [1.82, 2.24) is 14.5 Å². The topological polar surface area (TPSA) is 30.7 Å². The average molecular weight is 402 g/mol. The second kappa shape index (κ2) is 5.92. The second-order valence-electron chi connectivity index (χ2n) is 6.55. The maximum absolute atomic E-state index is 4.81. The Hall–Kier alpha value is -2.72. The first kappa shape index (κ1) is 15.5. The molecule has 1 unspecified atom stereocenters. The van der Waals surface area contributed by atoms with Crippen molar-refractivity contribution in [3.05, 3.63) is 107 Å². The number of aromatic nitrogens is 3. The van der Waals surface area contributed by atoms with Gasteiger partial charge in [0.15, 0.2) is 0 Å². The van der Waals surface area contributed by atoms with Gasteiger partial charge in [-0.05, 0) is 39.2 Å². The lowest BCUT2D eigenvalue weighted by molar-refractivity contribution is 0.437. The fourth-order valence-electron chi connectivity index (χ4n) is 4.02. The summed E-state index contributed by atoms with van der Waals surface area (Å²) in [6, 6.07) is 23.3. The Kier molecular flexibility index (Phi) is 3.54. The maximum atomic E-state index is 4.81. The van der Waals surface area contributed by atoms with Gasteiger partial charge in [-0.25, -0.2) is 4.98 Å². The number of hydrogen-bond donors (Lipinski definition) is 0. The number of imidazole rings is 1. The molecule has 1 atom stereocenters. The fourth-order valence-corrected chi connectivity index (χ4v) is 4.26.